The van der Waals surface area contributed by atoms with Crippen molar-refractivity contribution in [1.29, 1.82) is 0 Å². The Balaban J connectivity index is 2.12. The van der Waals surface area contributed by atoms with Gasteiger partial charge in [0.15, 0.2) is 0 Å². The molecule has 5 nitrogen and oxygen atoms in total. The summed E-state index contributed by atoms with van der Waals surface area (Å²) < 4.78 is 0. The lowest BCUT2D eigenvalue weighted by atomic mass is 10.2. The number of hydrogen-bond donors (Lipinski definition) is 3. The van der Waals surface area contributed by atoms with E-state index in [4.69, 9.17) is 23.2 Å². The number of hydrogen-bond acceptors (Lipinski definition) is 4. The Bertz CT molecular complexity index is 652. The van der Waals surface area contributed by atoms with Crippen molar-refractivity contribution in [3.05, 3.63) is 53.3 Å². The molecule has 1 amide bonds. The molecule has 22 heavy (non-hydrogen) atoms. The maximum absolute atomic E-state index is 12.2. The number of anilines is 2. The molecular formula is C15H15Cl2N3O2. The molecule has 1 unspecified atom stereocenters. The van der Waals surface area contributed by atoms with Gasteiger partial charge in [0.1, 0.15) is 5.15 Å². The molecule has 0 fully saturated rings. The van der Waals surface area contributed by atoms with Crippen LogP contribution in [0.3, 0.4) is 0 Å². The molecule has 0 aliphatic carbocycles. The number of aromatic nitrogens is 1. The first-order valence-corrected chi connectivity index (χ1v) is 7.52. The summed E-state index contributed by atoms with van der Waals surface area (Å²) in [6.07, 6.45) is 0.848. The van der Waals surface area contributed by atoms with Crippen molar-refractivity contribution in [3.8, 4) is 0 Å². The third-order valence-electron chi connectivity index (χ3n) is 2.89. The number of amides is 1. The average Bonchev–Trinajstić information content (AvgIpc) is 2.54. The summed E-state index contributed by atoms with van der Waals surface area (Å²) in [5.74, 6) is -0.224. The fourth-order valence-electron chi connectivity index (χ4n) is 1.77. The van der Waals surface area contributed by atoms with Crippen molar-refractivity contribution in [1.82, 2.24) is 4.98 Å². The van der Waals surface area contributed by atoms with E-state index in [9.17, 15) is 9.90 Å². The quantitative estimate of drug-likeness (QED) is 0.558. The summed E-state index contributed by atoms with van der Waals surface area (Å²) >= 11 is 11.5. The smallest absolute Gasteiger partial charge is 0.258 e. The minimum atomic E-state index is -0.668. The molecule has 2 rings (SSSR count). The molecule has 1 heterocycles. The van der Waals surface area contributed by atoms with Crippen molar-refractivity contribution in [3.63, 3.8) is 0 Å². The van der Waals surface area contributed by atoms with Crippen molar-refractivity contribution in [2.24, 2.45) is 0 Å². The van der Waals surface area contributed by atoms with Crippen molar-refractivity contribution >= 4 is 40.5 Å². The number of alkyl halides is 1. The highest BCUT2D eigenvalue weighted by Gasteiger charge is 2.13. The Morgan fingerprint density at radius 1 is 1.23 bits per heavy atom. The van der Waals surface area contributed by atoms with Gasteiger partial charge in [-0.15, -0.1) is 11.6 Å². The second-order valence-corrected chi connectivity index (χ2v) is 5.20. The number of aliphatic hydroxyl groups is 1. The van der Waals surface area contributed by atoms with Gasteiger partial charge in [0.05, 0.1) is 28.9 Å². The van der Waals surface area contributed by atoms with Crippen LogP contribution in [0.1, 0.15) is 10.4 Å². The van der Waals surface area contributed by atoms with Crippen LogP contribution in [0.25, 0.3) is 0 Å². The van der Waals surface area contributed by atoms with Crippen LogP contribution in [-0.2, 0) is 0 Å². The lowest BCUT2D eigenvalue weighted by Crippen LogP contribution is -2.22. The number of carbonyl (C=O) groups is 1. The zero-order chi connectivity index (χ0) is 15.9. The monoisotopic (exact) mass is 339 g/mol. The molecule has 116 valence electrons. The first kappa shape index (κ1) is 16.5. The van der Waals surface area contributed by atoms with Crippen LogP contribution in [0.15, 0.2) is 42.6 Å². The summed E-state index contributed by atoms with van der Waals surface area (Å²) in [5.41, 5.74) is 1.55. The largest absolute Gasteiger partial charge is 0.390 e. The fraction of sp³-hybridized carbons (Fsp3) is 0.200. The number of pyridine rings is 1. The van der Waals surface area contributed by atoms with Crippen LogP contribution in [0.5, 0.6) is 0 Å². The molecule has 1 atom stereocenters. The third-order valence-corrected chi connectivity index (χ3v) is 3.54. The maximum Gasteiger partial charge on any atom is 0.258 e. The molecule has 3 N–H and O–H groups in total. The number of para-hydroxylation sites is 2. The van der Waals surface area contributed by atoms with E-state index in [-0.39, 0.29) is 23.5 Å². The molecule has 2 aromatic rings. The van der Waals surface area contributed by atoms with Gasteiger partial charge in [0.25, 0.3) is 5.91 Å². The minimum Gasteiger partial charge on any atom is -0.390 e. The van der Waals surface area contributed by atoms with Gasteiger partial charge >= 0.3 is 0 Å². The molecule has 0 aliphatic rings. The van der Waals surface area contributed by atoms with Crippen LogP contribution >= 0.6 is 23.2 Å². The van der Waals surface area contributed by atoms with E-state index in [1.165, 1.54) is 6.20 Å². The number of halogens is 2. The first-order valence-electron chi connectivity index (χ1n) is 6.60. The Morgan fingerprint density at radius 2 is 1.95 bits per heavy atom. The SMILES string of the molecule is O=C(Nc1ccccc1NCC(O)CCl)c1cccnc1Cl. The number of rotatable bonds is 6. The Morgan fingerprint density at radius 3 is 2.64 bits per heavy atom. The summed E-state index contributed by atoms with van der Waals surface area (Å²) in [5, 5.41) is 15.4. The van der Waals surface area contributed by atoms with Gasteiger partial charge in [-0.25, -0.2) is 4.98 Å². The third kappa shape index (κ3) is 4.34. The highest BCUT2D eigenvalue weighted by Crippen LogP contribution is 2.22. The van der Waals surface area contributed by atoms with Crippen molar-refractivity contribution in [2.75, 3.05) is 23.1 Å². The fourth-order valence-corrected chi connectivity index (χ4v) is 2.09. The van der Waals surface area contributed by atoms with Crippen LogP contribution in [0, 0.1) is 0 Å². The zero-order valence-corrected chi connectivity index (χ0v) is 13.1. The van der Waals surface area contributed by atoms with Gasteiger partial charge < -0.3 is 15.7 Å². The molecular weight excluding hydrogens is 325 g/mol. The van der Waals surface area contributed by atoms with E-state index in [0.29, 0.717) is 16.9 Å². The van der Waals surface area contributed by atoms with Gasteiger partial charge in [-0.2, -0.15) is 0 Å². The standard InChI is InChI=1S/C15H15Cl2N3O2/c16-8-10(21)9-19-12-5-1-2-6-13(12)20-15(22)11-4-3-7-18-14(11)17/h1-7,10,19,21H,8-9H2,(H,20,22). The van der Waals surface area contributed by atoms with Gasteiger partial charge in [-0.1, -0.05) is 23.7 Å². The molecule has 0 saturated heterocycles. The van der Waals surface area contributed by atoms with E-state index >= 15 is 0 Å². The van der Waals surface area contributed by atoms with E-state index in [1.807, 2.05) is 6.07 Å². The van der Waals surface area contributed by atoms with Crippen LogP contribution in [0.2, 0.25) is 5.15 Å². The summed E-state index contributed by atoms with van der Waals surface area (Å²) in [4.78, 5) is 16.1. The molecule has 0 bridgehead atoms. The molecule has 0 spiro atoms. The predicted octanol–water partition coefficient (Wildman–Crippen LogP) is 3.00. The highest BCUT2D eigenvalue weighted by atomic mass is 35.5. The highest BCUT2D eigenvalue weighted by molar-refractivity contribution is 6.33. The number of aliphatic hydroxyl groups excluding tert-OH is 1. The van der Waals surface area contributed by atoms with Gasteiger partial charge in [0.2, 0.25) is 0 Å². The van der Waals surface area contributed by atoms with E-state index < -0.39 is 6.10 Å². The lowest BCUT2D eigenvalue weighted by molar-refractivity contribution is 0.102. The normalized spacial score (nSPS) is 11.8. The van der Waals surface area contributed by atoms with Gasteiger partial charge in [0, 0.05) is 12.7 Å². The molecule has 0 saturated carbocycles. The molecule has 1 aromatic carbocycles. The van der Waals surface area contributed by atoms with E-state index in [1.54, 1.807) is 30.3 Å². The average molecular weight is 340 g/mol. The number of benzene rings is 1. The van der Waals surface area contributed by atoms with E-state index in [2.05, 4.69) is 15.6 Å². The summed E-state index contributed by atoms with van der Waals surface area (Å²) in [6, 6.07) is 10.4. The Kier molecular flexibility index (Phi) is 6.00. The molecule has 0 aliphatic heterocycles. The zero-order valence-electron chi connectivity index (χ0n) is 11.6. The molecule has 7 heteroatoms. The van der Waals surface area contributed by atoms with Crippen molar-refractivity contribution < 1.29 is 9.90 Å². The topological polar surface area (TPSA) is 74.2 Å². The second-order valence-electron chi connectivity index (χ2n) is 4.53. The Hall–Kier alpha value is -1.82. The Labute approximate surface area is 138 Å². The summed E-state index contributed by atoms with van der Waals surface area (Å²) in [7, 11) is 0. The molecule has 1 aromatic heterocycles. The van der Waals surface area contributed by atoms with Crippen molar-refractivity contribution in [2.45, 2.75) is 6.10 Å². The van der Waals surface area contributed by atoms with E-state index in [0.717, 1.165) is 0 Å². The number of carbonyl (C=O) groups excluding carboxylic acids is 1. The maximum atomic E-state index is 12.2. The first-order chi connectivity index (χ1) is 10.6. The summed E-state index contributed by atoms with van der Waals surface area (Å²) in [6.45, 7) is 0.282. The van der Waals surface area contributed by atoms with Crippen LogP contribution in [-0.4, -0.2) is 34.5 Å². The molecule has 0 radical (unpaired) electrons. The predicted molar refractivity (Wildman–Crippen MR) is 88.9 cm³/mol. The van der Waals surface area contributed by atoms with Crippen LogP contribution < -0.4 is 10.6 Å². The van der Waals surface area contributed by atoms with Gasteiger partial charge in [-0.3, -0.25) is 4.79 Å². The minimum absolute atomic E-state index is 0.132. The van der Waals surface area contributed by atoms with Gasteiger partial charge in [-0.05, 0) is 24.3 Å². The van der Waals surface area contributed by atoms with Crippen LogP contribution in [0.4, 0.5) is 11.4 Å². The second kappa shape index (κ2) is 7.98. The number of nitrogens with one attached hydrogen (secondary N) is 2. The lowest BCUT2D eigenvalue weighted by Gasteiger charge is -2.15. The number of nitrogens with zero attached hydrogens (tertiary/aromatic N) is 1.